The van der Waals surface area contributed by atoms with Crippen LogP contribution in [-0.2, 0) is 6.54 Å². The quantitative estimate of drug-likeness (QED) is 0.459. The number of anilines is 1. The molecule has 3 aromatic rings. The molecule has 6 heteroatoms. The van der Waals surface area contributed by atoms with E-state index in [0.717, 1.165) is 52.2 Å². The van der Waals surface area contributed by atoms with Gasteiger partial charge in [0.1, 0.15) is 0 Å². The number of benzene rings is 3. The summed E-state index contributed by atoms with van der Waals surface area (Å²) in [5.74, 6) is 0. The molecule has 4 rings (SSSR count). The van der Waals surface area contributed by atoms with Gasteiger partial charge in [0.05, 0.1) is 23.6 Å². The maximum absolute atomic E-state index is 4.48. The lowest BCUT2D eigenvalue weighted by Gasteiger charge is -2.11. The molecule has 0 saturated heterocycles. The third kappa shape index (κ3) is 3.32. The van der Waals surface area contributed by atoms with Crippen LogP contribution in [0.3, 0.4) is 0 Å². The molecule has 0 saturated carbocycles. The van der Waals surface area contributed by atoms with Crippen molar-refractivity contribution in [2.75, 3.05) is 25.5 Å². The summed E-state index contributed by atoms with van der Waals surface area (Å²) in [5, 5.41) is 25.9. The SMILES string of the molecule is CNCCNc1ccc(N=Nc2ccc3c(c2)N=NC3)c2ccccc12. The average Bonchev–Trinajstić information content (AvgIpc) is 3.15. The van der Waals surface area contributed by atoms with Gasteiger partial charge in [-0.2, -0.15) is 15.3 Å². The molecule has 1 aliphatic rings. The smallest absolute Gasteiger partial charge is 0.0936 e. The molecule has 0 aromatic heterocycles. The van der Waals surface area contributed by atoms with Gasteiger partial charge in [-0.25, -0.2) is 0 Å². The monoisotopic (exact) mass is 344 g/mol. The van der Waals surface area contributed by atoms with Crippen LogP contribution in [0.15, 0.2) is 75.1 Å². The average molecular weight is 344 g/mol. The van der Waals surface area contributed by atoms with Gasteiger partial charge in [0.15, 0.2) is 0 Å². The molecule has 0 unspecified atom stereocenters. The molecule has 0 radical (unpaired) electrons. The highest BCUT2D eigenvalue weighted by atomic mass is 15.1. The molecule has 130 valence electrons. The minimum Gasteiger partial charge on any atom is -0.383 e. The number of fused-ring (bicyclic) bond motifs is 2. The highest BCUT2D eigenvalue weighted by molar-refractivity contribution is 6.00. The van der Waals surface area contributed by atoms with Gasteiger partial charge in [-0.3, -0.25) is 0 Å². The minimum atomic E-state index is 0.652. The largest absolute Gasteiger partial charge is 0.383 e. The van der Waals surface area contributed by atoms with Gasteiger partial charge in [0.2, 0.25) is 0 Å². The van der Waals surface area contributed by atoms with Gasteiger partial charge < -0.3 is 10.6 Å². The fraction of sp³-hybridized carbons (Fsp3) is 0.200. The van der Waals surface area contributed by atoms with E-state index in [1.165, 1.54) is 0 Å². The van der Waals surface area contributed by atoms with Crippen molar-refractivity contribution in [3.8, 4) is 0 Å². The standard InChI is InChI=1S/C20H20N6/c1-21-10-11-22-18-8-9-19(17-5-3-2-4-16(17)18)26-24-15-7-6-14-13-23-25-20(14)12-15/h2-9,12,21-22H,10-11,13H2,1H3. The van der Waals surface area contributed by atoms with E-state index in [2.05, 4.69) is 49.3 Å². The number of hydrogen-bond donors (Lipinski definition) is 2. The Balaban J connectivity index is 1.64. The first-order chi connectivity index (χ1) is 12.8. The zero-order chi connectivity index (χ0) is 17.8. The van der Waals surface area contributed by atoms with Crippen molar-refractivity contribution in [1.29, 1.82) is 0 Å². The Hall–Kier alpha value is -3.12. The lowest BCUT2D eigenvalue weighted by molar-refractivity contribution is 0.824. The maximum atomic E-state index is 4.48. The third-order valence-electron chi connectivity index (χ3n) is 4.35. The first-order valence-electron chi connectivity index (χ1n) is 8.67. The maximum Gasteiger partial charge on any atom is 0.0936 e. The predicted molar refractivity (Wildman–Crippen MR) is 105 cm³/mol. The second-order valence-corrected chi connectivity index (χ2v) is 6.12. The molecule has 0 atom stereocenters. The fourth-order valence-corrected chi connectivity index (χ4v) is 2.99. The summed E-state index contributed by atoms with van der Waals surface area (Å²) in [6.07, 6.45) is 0. The molecule has 2 N–H and O–H groups in total. The van der Waals surface area contributed by atoms with E-state index in [-0.39, 0.29) is 0 Å². The number of nitrogens with one attached hydrogen (secondary N) is 2. The Morgan fingerprint density at radius 3 is 2.73 bits per heavy atom. The lowest BCUT2D eigenvalue weighted by atomic mass is 10.1. The van der Waals surface area contributed by atoms with Crippen molar-refractivity contribution < 1.29 is 0 Å². The third-order valence-corrected chi connectivity index (χ3v) is 4.35. The van der Waals surface area contributed by atoms with Crippen molar-refractivity contribution in [3.63, 3.8) is 0 Å². The Bertz CT molecular complexity index is 993. The minimum absolute atomic E-state index is 0.652. The van der Waals surface area contributed by atoms with Crippen LogP contribution < -0.4 is 10.6 Å². The zero-order valence-electron chi connectivity index (χ0n) is 14.6. The van der Waals surface area contributed by atoms with Gasteiger partial charge >= 0.3 is 0 Å². The Morgan fingerprint density at radius 2 is 1.85 bits per heavy atom. The highest BCUT2D eigenvalue weighted by Crippen LogP contribution is 2.34. The number of azo groups is 2. The summed E-state index contributed by atoms with van der Waals surface area (Å²) in [6.45, 7) is 2.43. The molecule has 1 heterocycles. The van der Waals surface area contributed by atoms with Gasteiger partial charge in [-0.15, -0.1) is 5.11 Å². The topological polar surface area (TPSA) is 73.5 Å². The first kappa shape index (κ1) is 16.4. The van der Waals surface area contributed by atoms with E-state index < -0.39 is 0 Å². The van der Waals surface area contributed by atoms with E-state index in [1.54, 1.807) is 0 Å². The molecule has 0 aliphatic carbocycles. The van der Waals surface area contributed by atoms with E-state index in [0.29, 0.717) is 6.54 Å². The summed E-state index contributed by atoms with van der Waals surface area (Å²) in [5.41, 5.74) is 4.75. The van der Waals surface area contributed by atoms with Crippen molar-refractivity contribution in [2.45, 2.75) is 6.54 Å². The Kier molecular flexibility index (Phi) is 4.66. The number of nitrogens with zero attached hydrogens (tertiary/aromatic N) is 4. The summed E-state index contributed by atoms with van der Waals surface area (Å²) < 4.78 is 0. The fourth-order valence-electron chi connectivity index (χ4n) is 2.99. The van der Waals surface area contributed by atoms with Crippen LogP contribution in [0.2, 0.25) is 0 Å². The second-order valence-electron chi connectivity index (χ2n) is 6.12. The molecule has 0 amide bonds. The van der Waals surface area contributed by atoms with Crippen molar-refractivity contribution in [2.24, 2.45) is 20.5 Å². The van der Waals surface area contributed by atoms with E-state index >= 15 is 0 Å². The van der Waals surface area contributed by atoms with E-state index in [9.17, 15) is 0 Å². The summed E-state index contributed by atoms with van der Waals surface area (Å²) in [7, 11) is 1.95. The zero-order valence-corrected chi connectivity index (χ0v) is 14.6. The molecule has 3 aromatic carbocycles. The van der Waals surface area contributed by atoms with Gasteiger partial charge in [-0.1, -0.05) is 30.3 Å². The van der Waals surface area contributed by atoms with Gasteiger partial charge in [0.25, 0.3) is 0 Å². The number of likely N-dealkylation sites (N-methyl/N-ethyl adjacent to an activating group) is 1. The second kappa shape index (κ2) is 7.41. The van der Waals surface area contributed by atoms with Crippen LogP contribution in [0.1, 0.15) is 5.56 Å². The van der Waals surface area contributed by atoms with Crippen molar-refractivity contribution in [3.05, 3.63) is 60.2 Å². The Labute approximate surface area is 152 Å². The predicted octanol–water partition coefficient (Wildman–Crippen LogP) is 5.48. The molecule has 6 nitrogen and oxygen atoms in total. The normalized spacial score (nSPS) is 12.8. The molecule has 0 bridgehead atoms. The molecular formula is C20H20N6. The first-order valence-corrected chi connectivity index (χ1v) is 8.67. The van der Waals surface area contributed by atoms with E-state index in [1.807, 2.05) is 43.4 Å². The van der Waals surface area contributed by atoms with Crippen LogP contribution in [0.5, 0.6) is 0 Å². The van der Waals surface area contributed by atoms with Gasteiger partial charge in [0, 0.05) is 35.1 Å². The van der Waals surface area contributed by atoms with Crippen molar-refractivity contribution >= 4 is 33.5 Å². The van der Waals surface area contributed by atoms with Crippen LogP contribution in [0.4, 0.5) is 22.7 Å². The summed E-state index contributed by atoms with van der Waals surface area (Å²) >= 11 is 0. The van der Waals surface area contributed by atoms with Crippen LogP contribution in [0.25, 0.3) is 10.8 Å². The number of hydrogen-bond acceptors (Lipinski definition) is 6. The van der Waals surface area contributed by atoms with Crippen LogP contribution in [0, 0.1) is 0 Å². The molecular weight excluding hydrogens is 324 g/mol. The van der Waals surface area contributed by atoms with Crippen molar-refractivity contribution in [1.82, 2.24) is 5.32 Å². The van der Waals surface area contributed by atoms with Crippen LogP contribution >= 0.6 is 0 Å². The molecule has 0 spiro atoms. The lowest BCUT2D eigenvalue weighted by Crippen LogP contribution is -2.17. The molecule has 0 fully saturated rings. The molecule has 26 heavy (non-hydrogen) atoms. The summed E-state index contributed by atoms with van der Waals surface area (Å²) in [4.78, 5) is 0. The summed E-state index contributed by atoms with van der Waals surface area (Å²) in [6, 6.07) is 18.2. The Morgan fingerprint density at radius 1 is 0.962 bits per heavy atom. The molecule has 1 aliphatic heterocycles. The highest BCUT2D eigenvalue weighted by Gasteiger charge is 2.08. The van der Waals surface area contributed by atoms with Crippen LogP contribution in [-0.4, -0.2) is 20.1 Å². The number of rotatable bonds is 6. The van der Waals surface area contributed by atoms with E-state index in [4.69, 9.17) is 0 Å². The van der Waals surface area contributed by atoms with Gasteiger partial charge in [-0.05, 0) is 31.3 Å².